The maximum atomic E-state index is 5.45. The molecule has 0 aromatic carbocycles. The quantitative estimate of drug-likeness (QED) is 0.689. The molecule has 0 atom stereocenters. The van der Waals surface area contributed by atoms with Crippen LogP contribution in [0.1, 0.15) is 6.92 Å². The van der Waals surface area contributed by atoms with E-state index in [4.69, 9.17) is 15.2 Å². The first-order valence-electron chi connectivity index (χ1n) is 1.44. The van der Waals surface area contributed by atoms with Gasteiger partial charge < -0.3 is 0 Å². The molecule has 0 saturated carbocycles. The monoisotopic (exact) mass is 337 g/mol. The molecule has 0 aliphatic heterocycles. The molecular formula is C2H5Cl2U. The van der Waals surface area contributed by atoms with Gasteiger partial charge in [0.05, 0.1) is 0 Å². The fourth-order valence-corrected chi connectivity index (χ4v) is 0. The van der Waals surface area contributed by atoms with Crippen molar-refractivity contribution in [2.24, 2.45) is 0 Å². The van der Waals surface area contributed by atoms with Gasteiger partial charge in [-0.2, -0.15) is 0 Å². The summed E-state index contributed by atoms with van der Waals surface area (Å²) in [5.74, 6) is 0. The van der Waals surface area contributed by atoms with Crippen LogP contribution < -0.4 is 0 Å². The van der Waals surface area contributed by atoms with Gasteiger partial charge in [-0.1, -0.05) is 0 Å². The molecule has 0 bridgehead atoms. The van der Waals surface area contributed by atoms with Crippen molar-refractivity contribution in [1.82, 2.24) is 0 Å². The Morgan fingerprint density at radius 2 is 1.80 bits per heavy atom. The summed E-state index contributed by atoms with van der Waals surface area (Å²) < 4.78 is 1.06. The Labute approximate surface area is 48.5 Å². The van der Waals surface area contributed by atoms with Gasteiger partial charge in [0.1, 0.15) is 0 Å². The second-order valence-electron chi connectivity index (χ2n) is 0.692. The normalized spacial score (nSPS) is 7.80. The number of hydrogen-bond acceptors (Lipinski definition) is 0. The molecule has 3 heteroatoms. The van der Waals surface area contributed by atoms with Gasteiger partial charge in [-0.3, -0.25) is 0 Å². The Morgan fingerprint density at radius 1 is 1.60 bits per heavy atom. The predicted molar refractivity (Wildman–Crippen MR) is 22.2 cm³/mol. The molecule has 0 amide bonds. The SMILES string of the molecule is C[CH2][U]([Cl])[Cl]. The molecule has 0 N–H and O–H groups in total. The zero-order chi connectivity index (χ0) is 4.28. The summed E-state index contributed by atoms with van der Waals surface area (Å²) >= 11 is -1.83. The first-order valence-corrected chi connectivity index (χ1v) is 14.6. The number of halogens is 2. The summed E-state index contributed by atoms with van der Waals surface area (Å²) in [7, 11) is 10.9. The predicted octanol–water partition coefficient (Wildman–Crippen LogP) is 2.35. The van der Waals surface area contributed by atoms with Gasteiger partial charge >= 0.3 is 49.0 Å². The Morgan fingerprint density at radius 3 is 1.80 bits per heavy atom. The van der Waals surface area contributed by atoms with Crippen LogP contribution in [0.2, 0.25) is 3.45 Å². The molecular weight excluding hydrogens is 333 g/mol. The molecule has 0 aliphatic rings. The maximum absolute atomic E-state index is 5.45. The van der Waals surface area contributed by atoms with Gasteiger partial charge in [-0.15, -0.1) is 0 Å². The number of hydrogen-bond donors (Lipinski definition) is 0. The van der Waals surface area contributed by atoms with Crippen LogP contribution in [0.25, 0.3) is 0 Å². The first-order chi connectivity index (χ1) is 2.27. The van der Waals surface area contributed by atoms with Crippen molar-refractivity contribution in [2.75, 3.05) is 0 Å². The van der Waals surface area contributed by atoms with Crippen molar-refractivity contribution in [1.29, 1.82) is 0 Å². The molecule has 0 aromatic rings. The van der Waals surface area contributed by atoms with Crippen molar-refractivity contribution in [2.45, 2.75) is 10.4 Å². The molecule has 0 aliphatic carbocycles. The van der Waals surface area contributed by atoms with Crippen LogP contribution in [0.15, 0.2) is 0 Å². The van der Waals surface area contributed by atoms with E-state index >= 15 is 0 Å². The van der Waals surface area contributed by atoms with Crippen molar-refractivity contribution in [3.8, 4) is 0 Å². The molecule has 0 heterocycles. The average molecular weight is 338 g/mol. The molecule has 5 heavy (non-hydrogen) atoms. The van der Waals surface area contributed by atoms with E-state index in [0.29, 0.717) is 0 Å². The minimum atomic E-state index is -1.83. The van der Waals surface area contributed by atoms with Gasteiger partial charge in [-0.25, -0.2) is 0 Å². The summed E-state index contributed by atoms with van der Waals surface area (Å²) in [5, 5.41) is 0. The first kappa shape index (κ1) is 6.63. The van der Waals surface area contributed by atoms with E-state index in [0.717, 1.165) is 3.45 Å². The fourth-order valence-electron chi connectivity index (χ4n) is 0. The van der Waals surface area contributed by atoms with E-state index in [1.807, 2.05) is 6.92 Å². The zero-order valence-corrected chi connectivity index (χ0v) is 8.64. The van der Waals surface area contributed by atoms with Crippen LogP contribution in [0, 0.1) is 23.4 Å². The van der Waals surface area contributed by atoms with E-state index in [1.54, 1.807) is 0 Å². The third-order valence-corrected chi connectivity index (χ3v) is 7.48. The van der Waals surface area contributed by atoms with Crippen LogP contribution >= 0.6 is 15.2 Å². The summed E-state index contributed by atoms with van der Waals surface area (Å²) in [6.45, 7) is 2.03. The molecule has 0 spiro atoms. The van der Waals surface area contributed by atoms with Gasteiger partial charge in [0.15, 0.2) is 0 Å². The fraction of sp³-hybridized carbons (Fsp3) is 1.00. The molecule has 31 valence electrons. The van der Waals surface area contributed by atoms with Gasteiger partial charge in [0.25, 0.3) is 0 Å². The van der Waals surface area contributed by atoms with Crippen LogP contribution in [0.3, 0.4) is 0 Å². The van der Waals surface area contributed by atoms with Crippen LogP contribution in [0.5, 0.6) is 0 Å². The second-order valence-corrected chi connectivity index (χ2v) is 16.8. The van der Waals surface area contributed by atoms with E-state index in [-0.39, 0.29) is 0 Å². The van der Waals surface area contributed by atoms with Crippen LogP contribution in [-0.4, -0.2) is 0 Å². The third-order valence-electron chi connectivity index (χ3n) is 0.267. The van der Waals surface area contributed by atoms with Crippen molar-refractivity contribution in [3.63, 3.8) is 0 Å². The van der Waals surface area contributed by atoms with Crippen LogP contribution in [-0.2, 0) is 0 Å². The van der Waals surface area contributed by atoms with Crippen molar-refractivity contribution >= 4 is 15.2 Å². The molecule has 0 nitrogen and oxygen atoms in total. The van der Waals surface area contributed by atoms with Crippen molar-refractivity contribution < 1.29 is 23.4 Å². The summed E-state index contributed by atoms with van der Waals surface area (Å²) in [5.41, 5.74) is 0. The van der Waals surface area contributed by atoms with Gasteiger partial charge in [0.2, 0.25) is 0 Å². The second kappa shape index (κ2) is 3.81. The Kier molecular flexibility index (Phi) is 5.05. The van der Waals surface area contributed by atoms with E-state index in [1.165, 1.54) is 0 Å². The molecule has 0 radical (unpaired) electrons. The van der Waals surface area contributed by atoms with Gasteiger partial charge in [0, 0.05) is 0 Å². The molecule has 0 unspecified atom stereocenters. The molecule has 0 saturated heterocycles. The Balaban J connectivity index is 2.54. The van der Waals surface area contributed by atoms with Gasteiger partial charge in [-0.05, 0) is 0 Å². The summed E-state index contributed by atoms with van der Waals surface area (Å²) in [4.78, 5) is 0. The summed E-state index contributed by atoms with van der Waals surface area (Å²) in [6.07, 6.45) is 0. The van der Waals surface area contributed by atoms with E-state index in [2.05, 4.69) is 0 Å². The van der Waals surface area contributed by atoms with E-state index in [9.17, 15) is 0 Å². The van der Waals surface area contributed by atoms with Crippen LogP contribution in [0.4, 0.5) is 0 Å². The Hall–Kier alpha value is 1.63. The molecule has 0 aromatic heterocycles. The third kappa shape index (κ3) is 5.63. The average Bonchev–Trinajstić information content (AvgIpc) is 1.38. The Bertz CT molecular complexity index is 21.6. The molecule has 0 fully saturated rings. The standard InChI is InChI=1S/C2H5.2ClH.U/c1-2;;;/h1H2,2H3;2*1H;/q;;;+2/p-2. The summed E-state index contributed by atoms with van der Waals surface area (Å²) in [6, 6.07) is 0. The van der Waals surface area contributed by atoms with Crippen molar-refractivity contribution in [3.05, 3.63) is 0 Å². The topological polar surface area (TPSA) is 0 Å². The minimum absolute atomic E-state index is 1.06. The molecule has 0 rings (SSSR count). The number of rotatable bonds is 1. The van der Waals surface area contributed by atoms with E-state index < -0.39 is 23.4 Å². The zero-order valence-electron chi connectivity index (χ0n) is 2.96.